The van der Waals surface area contributed by atoms with Gasteiger partial charge in [-0.3, -0.25) is 5.73 Å². The smallest absolute Gasteiger partial charge is 0.163 e. The van der Waals surface area contributed by atoms with Crippen molar-refractivity contribution < 1.29 is 5.11 Å². The molecule has 0 aliphatic carbocycles. The summed E-state index contributed by atoms with van der Waals surface area (Å²) in [4.78, 5) is 3.80. The highest BCUT2D eigenvalue weighted by atomic mass is 16.3. The summed E-state index contributed by atoms with van der Waals surface area (Å²) in [5.41, 5.74) is 9.83. The van der Waals surface area contributed by atoms with Crippen LogP contribution in [0.5, 0.6) is 0 Å². The van der Waals surface area contributed by atoms with Gasteiger partial charge in [-0.1, -0.05) is 0 Å². The molecule has 1 aromatic rings. The second-order valence-corrected chi connectivity index (χ2v) is 2.89. The highest BCUT2D eigenvalue weighted by Gasteiger charge is 2.19. The first kappa shape index (κ1) is 9.45. The quantitative estimate of drug-likeness (QED) is 0.509. The Morgan fingerprint density at radius 1 is 1.62 bits per heavy atom. The lowest BCUT2D eigenvalue weighted by Gasteiger charge is -2.16. The number of pyridine rings is 1. The van der Waals surface area contributed by atoms with E-state index >= 15 is 0 Å². The van der Waals surface area contributed by atoms with Crippen molar-refractivity contribution >= 4 is 5.69 Å². The summed E-state index contributed by atoms with van der Waals surface area (Å²) in [6.07, 6.45) is 0. The van der Waals surface area contributed by atoms with Crippen molar-refractivity contribution in [1.29, 1.82) is 5.26 Å². The highest BCUT2D eigenvalue weighted by molar-refractivity contribution is 5.50. The number of nitrogen functional groups attached to an aromatic ring is 1. The molecule has 13 heavy (non-hydrogen) atoms. The summed E-state index contributed by atoms with van der Waals surface area (Å²) >= 11 is 0. The van der Waals surface area contributed by atoms with E-state index in [2.05, 4.69) is 4.98 Å². The van der Waals surface area contributed by atoms with Crippen LogP contribution < -0.4 is 11.5 Å². The number of aromatic nitrogens is 1. The molecule has 0 aromatic carbocycles. The van der Waals surface area contributed by atoms with Crippen molar-refractivity contribution in [3.63, 3.8) is 0 Å². The van der Waals surface area contributed by atoms with Gasteiger partial charge in [0.25, 0.3) is 0 Å². The molecule has 5 N–H and O–H groups in total. The third-order valence-electron chi connectivity index (χ3n) is 1.55. The number of nitrogens with two attached hydrogens (primary N) is 2. The van der Waals surface area contributed by atoms with Crippen LogP contribution in [-0.4, -0.2) is 10.1 Å². The molecule has 0 spiro atoms. The van der Waals surface area contributed by atoms with Gasteiger partial charge in [-0.15, -0.1) is 0 Å². The Kier molecular flexibility index (Phi) is 2.19. The maximum Gasteiger partial charge on any atom is 0.163 e. The molecule has 5 nitrogen and oxygen atoms in total. The Morgan fingerprint density at radius 2 is 2.23 bits per heavy atom. The first-order chi connectivity index (χ1) is 5.95. The largest absolute Gasteiger partial charge is 0.396 e. The molecule has 68 valence electrons. The van der Waals surface area contributed by atoms with Crippen LogP contribution >= 0.6 is 0 Å². The molecule has 1 rings (SSSR count). The number of nitriles is 1. The highest BCUT2D eigenvalue weighted by Crippen LogP contribution is 2.15. The second-order valence-electron chi connectivity index (χ2n) is 2.89. The topological polar surface area (TPSA) is 109 Å². The van der Waals surface area contributed by atoms with Gasteiger partial charge in [0, 0.05) is 0 Å². The average Bonchev–Trinajstić information content (AvgIpc) is 2.03. The molecule has 1 unspecified atom stereocenters. The molecule has 0 aliphatic heterocycles. The molecule has 0 saturated heterocycles. The van der Waals surface area contributed by atoms with Crippen LogP contribution in [0.3, 0.4) is 0 Å². The molecule has 0 saturated carbocycles. The van der Waals surface area contributed by atoms with E-state index in [1.54, 1.807) is 6.07 Å². The minimum Gasteiger partial charge on any atom is -0.396 e. The maximum atomic E-state index is 9.36. The van der Waals surface area contributed by atoms with E-state index in [9.17, 15) is 5.11 Å². The van der Waals surface area contributed by atoms with Crippen LogP contribution in [-0.2, 0) is 5.72 Å². The SMILES string of the molecule is CC(N)(O)c1ccc(N)c(C#N)n1. The number of aliphatic hydroxyl groups is 1. The van der Waals surface area contributed by atoms with Gasteiger partial charge in [-0.05, 0) is 19.1 Å². The van der Waals surface area contributed by atoms with Crippen LogP contribution in [0, 0.1) is 11.3 Å². The van der Waals surface area contributed by atoms with Crippen LogP contribution in [0.4, 0.5) is 5.69 Å². The van der Waals surface area contributed by atoms with E-state index in [0.717, 1.165) is 0 Å². The number of rotatable bonds is 1. The monoisotopic (exact) mass is 178 g/mol. The summed E-state index contributed by atoms with van der Waals surface area (Å²) < 4.78 is 0. The number of hydrogen-bond acceptors (Lipinski definition) is 5. The predicted octanol–water partition coefficient (Wildman–Crippen LogP) is -0.341. The fourth-order valence-electron chi connectivity index (χ4n) is 0.841. The van der Waals surface area contributed by atoms with Gasteiger partial charge in [0.1, 0.15) is 6.07 Å². The molecule has 1 aromatic heterocycles. The van der Waals surface area contributed by atoms with Gasteiger partial charge in [0.05, 0.1) is 11.4 Å². The molecule has 0 amide bonds. The first-order valence-electron chi connectivity index (χ1n) is 3.63. The summed E-state index contributed by atoms with van der Waals surface area (Å²) in [5.74, 6) is 0. The van der Waals surface area contributed by atoms with Crippen LogP contribution in [0.25, 0.3) is 0 Å². The van der Waals surface area contributed by atoms with Crippen molar-refractivity contribution in [1.82, 2.24) is 4.98 Å². The molecule has 0 fully saturated rings. The lowest BCUT2D eigenvalue weighted by Crippen LogP contribution is -2.33. The first-order valence-corrected chi connectivity index (χ1v) is 3.63. The Balaban J connectivity index is 3.24. The molecular weight excluding hydrogens is 168 g/mol. The summed E-state index contributed by atoms with van der Waals surface area (Å²) in [6, 6.07) is 4.78. The summed E-state index contributed by atoms with van der Waals surface area (Å²) in [6.45, 7) is 1.38. The van der Waals surface area contributed by atoms with Gasteiger partial charge in [-0.2, -0.15) is 5.26 Å². The summed E-state index contributed by atoms with van der Waals surface area (Å²) in [5, 5.41) is 18.0. The number of hydrogen-bond donors (Lipinski definition) is 3. The Bertz CT molecular complexity index is 361. The van der Waals surface area contributed by atoms with Gasteiger partial charge in [0.15, 0.2) is 11.4 Å². The predicted molar refractivity (Wildman–Crippen MR) is 47.1 cm³/mol. The molecular formula is C8H10N4O. The van der Waals surface area contributed by atoms with Gasteiger partial charge in [0.2, 0.25) is 0 Å². The molecule has 0 radical (unpaired) electrons. The van der Waals surface area contributed by atoms with E-state index < -0.39 is 5.72 Å². The zero-order chi connectivity index (χ0) is 10.1. The van der Waals surface area contributed by atoms with Gasteiger partial charge >= 0.3 is 0 Å². The minimum absolute atomic E-state index is 0.0724. The molecule has 0 bridgehead atoms. The van der Waals surface area contributed by atoms with E-state index in [1.807, 2.05) is 0 Å². The van der Waals surface area contributed by atoms with E-state index in [1.165, 1.54) is 19.1 Å². The lowest BCUT2D eigenvalue weighted by molar-refractivity contribution is 0.0600. The van der Waals surface area contributed by atoms with Crippen molar-refractivity contribution in [2.75, 3.05) is 5.73 Å². The van der Waals surface area contributed by atoms with Gasteiger partial charge < -0.3 is 10.8 Å². The zero-order valence-corrected chi connectivity index (χ0v) is 7.15. The van der Waals surface area contributed by atoms with Crippen molar-refractivity contribution in [3.05, 3.63) is 23.5 Å². The van der Waals surface area contributed by atoms with E-state index in [0.29, 0.717) is 0 Å². The van der Waals surface area contributed by atoms with Crippen molar-refractivity contribution in [2.45, 2.75) is 12.6 Å². The number of anilines is 1. The van der Waals surface area contributed by atoms with Crippen LogP contribution in [0.2, 0.25) is 0 Å². The standard InChI is InChI=1S/C8H10N4O/c1-8(11,13)7-3-2-5(10)6(4-9)12-7/h2-3,13H,10-11H2,1H3. The molecule has 1 heterocycles. The van der Waals surface area contributed by atoms with E-state index in [4.69, 9.17) is 16.7 Å². The normalized spacial score (nSPS) is 14.6. The fraction of sp³-hybridized carbons (Fsp3) is 0.250. The Morgan fingerprint density at radius 3 is 2.69 bits per heavy atom. The maximum absolute atomic E-state index is 9.36. The summed E-state index contributed by atoms with van der Waals surface area (Å²) in [7, 11) is 0. The van der Waals surface area contributed by atoms with Crippen LogP contribution in [0.15, 0.2) is 12.1 Å². The van der Waals surface area contributed by atoms with E-state index in [-0.39, 0.29) is 17.1 Å². The Labute approximate surface area is 75.6 Å². The van der Waals surface area contributed by atoms with Crippen molar-refractivity contribution in [2.24, 2.45) is 5.73 Å². The third kappa shape index (κ3) is 1.93. The van der Waals surface area contributed by atoms with Crippen LogP contribution in [0.1, 0.15) is 18.3 Å². The molecule has 5 heteroatoms. The molecule has 1 atom stereocenters. The average molecular weight is 178 g/mol. The van der Waals surface area contributed by atoms with Crippen molar-refractivity contribution in [3.8, 4) is 6.07 Å². The fourth-order valence-corrected chi connectivity index (χ4v) is 0.841. The second kappa shape index (κ2) is 3.01. The zero-order valence-electron chi connectivity index (χ0n) is 7.15. The Hall–Kier alpha value is -1.64. The lowest BCUT2D eigenvalue weighted by atomic mass is 10.1. The molecule has 0 aliphatic rings. The third-order valence-corrected chi connectivity index (χ3v) is 1.55. The van der Waals surface area contributed by atoms with Gasteiger partial charge in [-0.25, -0.2) is 4.98 Å². The number of nitrogens with zero attached hydrogens (tertiary/aromatic N) is 2. The minimum atomic E-state index is -1.54.